The van der Waals surface area contributed by atoms with E-state index < -0.39 is 0 Å². The van der Waals surface area contributed by atoms with Crippen LogP contribution in [0.2, 0.25) is 0 Å². The minimum absolute atomic E-state index is 0.0199. The highest BCUT2D eigenvalue weighted by Crippen LogP contribution is 2.23. The smallest absolute Gasteiger partial charge is 0.150 e. The Balaban J connectivity index is 2.21. The van der Waals surface area contributed by atoms with E-state index in [9.17, 15) is 0 Å². The van der Waals surface area contributed by atoms with Gasteiger partial charge in [0.1, 0.15) is 4.34 Å². The van der Waals surface area contributed by atoms with Crippen molar-refractivity contribution in [1.82, 2.24) is 10.3 Å². The van der Waals surface area contributed by atoms with Crippen LogP contribution in [-0.4, -0.2) is 23.3 Å². The molecule has 88 valence electrons. The van der Waals surface area contributed by atoms with Crippen molar-refractivity contribution in [2.45, 2.75) is 37.1 Å². The molecule has 1 aromatic rings. The molecular formula is C11H17N3S2. The van der Waals surface area contributed by atoms with Gasteiger partial charge in [-0.1, -0.05) is 18.7 Å². The van der Waals surface area contributed by atoms with E-state index in [1.807, 2.05) is 6.92 Å². The minimum atomic E-state index is -0.0199. The standard InChI is InChI=1S/C11H17N3S2/c1-3-5-13-10(7-12)4-6-15-11-14-9(2)8-16-11/h8,10,13H,3-6H2,1-2H3. The van der Waals surface area contributed by atoms with Gasteiger partial charge in [-0.15, -0.1) is 11.3 Å². The molecule has 5 heteroatoms. The van der Waals surface area contributed by atoms with Gasteiger partial charge in [0, 0.05) is 16.8 Å². The average Bonchev–Trinajstić information content (AvgIpc) is 2.69. The Labute approximate surface area is 105 Å². The van der Waals surface area contributed by atoms with E-state index in [4.69, 9.17) is 5.26 Å². The zero-order valence-corrected chi connectivity index (χ0v) is 11.3. The van der Waals surface area contributed by atoms with Gasteiger partial charge in [-0.25, -0.2) is 4.98 Å². The Morgan fingerprint density at radius 1 is 1.69 bits per heavy atom. The number of nitrogens with zero attached hydrogens (tertiary/aromatic N) is 2. The summed E-state index contributed by atoms with van der Waals surface area (Å²) in [6.07, 6.45) is 1.94. The third-order valence-corrected chi connectivity index (χ3v) is 4.20. The molecule has 1 heterocycles. The molecule has 1 N–H and O–H groups in total. The van der Waals surface area contributed by atoms with Gasteiger partial charge in [0.25, 0.3) is 0 Å². The summed E-state index contributed by atoms with van der Waals surface area (Å²) in [5.41, 5.74) is 1.08. The fourth-order valence-corrected chi connectivity index (χ4v) is 3.12. The predicted octanol–water partition coefficient (Wildman–Crippen LogP) is 2.83. The number of aromatic nitrogens is 1. The van der Waals surface area contributed by atoms with Crippen LogP contribution in [0.25, 0.3) is 0 Å². The molecule has 0 aliphatic rings. The van der Waals surface area contributed by atoms with Gasteiger partial charge >= 0.3 is 0 Å². The lowest BCUT2D eigenvalue weighted by molar-refractivity contribution is 0.585. The highest BCUT2D eigenvalue weighted by molar-refractivity contribution is 8.01. The Kier molecular flexibility index (Phi) is 6.46. The van der Waals surface area contributed by atoms with E-state index in [2.05, 4.69) is 28.7 Å². The lowest BCUT2D eigenvalue weighted by Crippen LogP contribution is -2.28. The van der Waals surface area contributed by atoms with E-state index in [0.29, 0.717) is 0 Å². The SMILES string of the molecule is CCCNC(C#N)CCSc1nc(C)cs1. The van der Waals surface area contributed by atoms with Gasteiger partial charge < -0.3 is 5.32 Å². The molecule has 1 rings (SSSR count). The summed E-state index contributed by atoms with van der Waals surface area (Å²) >= 11 is 3.41. The van der Waals surface area contributed by atoms with Gasteiger partial charge in [0.05, 0.1) is 12.1 Å². The van der Waals surface area contributed by atoms with Gasteiger partial charge in [-0.2, -0.15) is 5.26 Å². The first-order valence-electron chi connectivity index (χ1n) is 5.44. The quantitative estimate of drug-likeness (QED) is 0.761. The fourth-order valence-electron chi connectivity index (χ4n) is 1.19. The molecule has 3 nitrogen and oxygen atoms in total. The maximum Gasteiger partial charge on any atom is 0.150 e. The molecular weight excluding hydrogens is 238 g/mol. The molecule has 0 fully saturated rings. The molecule has 0 bridgehead atoms. The summed E-state index contributed by atoms with van der Waals surface area (Å²) in [7, 11) is 0. The highest BCUT2D eigenvalue weighted by Gasteiger charge is 2.06. The van der Waals surface area contributed by atoms with Crippen molar-refractivity contribution in [3.05, 3.63) is 11.1 Å². The Morgan fingerprint density at radius 2 is 2.50 bits per heavy atom. The first-order chi connectivity index (χ1) is 7.76. The zero-order chi connectivity index (χ0) is 11.8. The van der Waals surface area contributed by atoms with Gasteiger partial charge in [-0.05, 0) is 26.3 Å². The van der Waals surface area contributed by atoms with Crippen LogP contribution in [0, 0.1) is 18.3 Å². The average molecular weight is 255 g/mol. The van der Waals surface area contributed by atoms with Crippen LogP contribution in [0.15, 0.2) is 9.72 Å². The summed E-state index contributed by atoms with van der Waals surface area (Å²) < 4.78 is 1.10. The second-order valence-electron chi connectivity index (χ2n) is 3.53. The van der Waals surface area contributed by atoms with Gasteiger partial charge in [0.2, 0.25) is 0 Å². The first kappa shape index (κ1) is 13.5. The topological polar surface area (TPSA) is 48.7 Å². The fraction of sp³-hybridized carbons (Fsp3) is 0.636. The van der Waals surface area contributed by atoms with Crippen LogP contribution in [0.5, 0.6) is 0 Å². The van der Waals surface area contributed by atoms with Crippen LogP contribution < -0.4 is 5.32 Å². The van der Waals surface area contributed by atoms with Crippen LogP contribution >= 0.6 is 23.1 Å². The van der Waals surface area contributed by atoms with E-state index in [0.717, 1.165) is 35.2 Å². The molecule has 0 amide bonds. The number of nitriles is 1. The van der Waals surface area contributed by atoms with Crippen molar-refractivity contribution in [2.75, 3.05) is 12.3 Å². The number of hydrogen-bond acceptors (Lipinski definition) is 5. The van der Waals surface area contributed by atoms with E-state index in [-0.39, 0.29) is 6.04 Å². The minimum Gasteiger partial charge on any atom is -0.302 e. The molecule has 0 spiro atoms. The maximum atomic E-state index is 8.92. The first-order valence-corrected chi connectivity index (χ1v) is 7.30. The number of thiazole rings is 1. The molecule has 1 aromatic heterocycles. The largest absolute Gasteiger partial charge is 0.302 e. The third-order valence-electron chi connectivity index (χ3n) is 2.03. The van der Waals surface area contributed by atoms with Crippen molar-refractivity contribution in [2.24, 2.45) is 0 Å². The number of thioether (sulfide) groups is 1. The molecule has 0 saturated heterocycles. The Morgan fingerprint density at radius 3 is 3.06 bits per heavy atom. The third kappa shape index (κ3) is 4.97. The van der Waals surface area contributed by atoms with Crippen molar-refractivity contribution < 1.29 is 0 Å². The highest BCUT2D eigenvalue weighted by atomic mass is 32.2. The number of nitrogens with one attached hydrogen (secondary N) is 1. The van der Waals surface area contributed by atoms with Crippen LogP contribution in [0.1, 0.15) is 25.5 Å². The summed E-state index contributed by atoms with van der Waals surface area (Å²) in [4.78, 5) is 4.37. The van der Waals surface area contributed by atoms with E-state index in [1.54, 1.807) is 23.1 Å². The van der Waals surface area contributed by atoms with Gasteiger partial charge in [0.15, 0.2) is 0 Å². The maximum absolute atomic E-state index is 8.92. The van der Waals surface area contributed by atoms with E-state index >= 15 is 0 Å². The number of rotatable bonds is 7. The lowest BCUT2D eigenvalue weighted by atomic mass is 10.2. The number of aryl methyl sites for hydroxylation is 1. The predicted molar refractivity (Wildman–Crippen MR) is 69.9 cm³/mol. The normalized spacial score (nSPS) is 12.3. The monoisotopic (exact) mass is 255 g/mol. The zero-order valence-electron chi connectivity index (χ0n) is 9.69. The second-order valence-corrected chi connectivity index (χ2v) is 5.73. The van der Waals surface area contributed by atoms with Gasteiger partial charge in [-0.3, -0.25) is 0 Å². The van der Waals surface area contributed by atoms with Crippen LogP contribution in [-0.2, 0) is 0 Å². The summed E-state index contributed by atoms with van der Waals surface area (Å²) in [5.74, 6) is 0.946. The molecule has 16 heavy (non-hydrogen) atoms. The summed E-state index contributed by atoms with van der Waals surface area (Å²) in [6.45, 7) is 5.02. The summed E-state index contributed by atoms with van der Waals surface area (Å²) in [6, 6.07) is 2.27. The van der Waals surface area contributed by atoms with Crippen molar-refractivity contribution in [3.63, 3.8) is 0 Å². The van der Waals surface area contributed by atoms with Crippen LogP contribution in [0.4, 0.5) is 0 Å². The Hall–Kier alpha value is -0.570. The van der Waals surface area contributed by atoms with E-state index in [1.165, 1.54) is 0 Å². The summed E-state index contributed by atoms with van der Waals surface area (Å²) in [5, 5.41) is 14.2. The molecule has 0 radical (unpaired) electrons. The lowest BCUT2D eigenvalue weighted by Gasteiger charge is -2.09. The molecule has 1 unspecified atom stereocenters. The van der Waals surface area contributed by atoms with Crippen molar-refractivity contribution >= 4 is 23.1 Å². The molecule has 1 atom stereocenters. The second kappa shape index (κ2) is 7.66. The Bertz CT molecular complexity index is 343. The van der Waals surface area contributed by atoms with Crippen molar-refractivity contribution in [1.29, 1.82) is 5.26 Å². The molecule has 0 aliphatic carbocycles. The molecule has 0 aliphatic heterocycles. The van der Waals surface area contributed by atoms with Crippen LogP contribution in [0.3, 0.4) is 0 Å². The number of hydrogen-bond donors (Lipinski definition) is 1. The van der Waals surface area contributed by atoms with Crippen molar-refractivity contribution in [3.8, 4) is 6.07 Å². The molecule has 0 aromatic carbocycles. The molecule has 0 saturated carbocycles.